The summed E-state index contributed by atoms with van der Waals surface area (Å²) >= 11 is 0. The Morgan fingerprint density at radius 1 is 1.39 bits per heavy atom. The van der Waals surface area contributed by atoms with Gasteiger partial charge in [-0.3, -0.25) is 4.79 Å². The van der Waals surface area contributed by atoms with Gasteiger partial charge in [0.2, 0.25) is 0 Å². The molecule has 0 saturated heterocycles. The molecule has 0 aliphatic carbocycles. The van der Waals surface area contributed by atoms with Crippen LogP contribution in [0.3, 0.4) is 0 Å². The van der Waals surface area contributed by atoms with E-state index in [0.717, 1.165) is 12.8 Å². The summed E-state index contributed by atoms with van der Waals surface area (Å²) in [6.45, 7) is 3.46. The van der Waals surface area contributed by atoms with Gasteiger partial charge in [-0.05, 0) is 31.9 Å². The number of rotatable bonds is 7. The van der Waals surface area contributed by atoms with Gasteiger partial charge in [-0.15, -0.1) is 0 Å². The number of unbranched alkanes of at least 4 members (excludes halogenated alkanes) is 1. The normalized spacial score (nSPS) is 11.9. The first kappa shape index (κ1) is 14.2. The Labute approximate surface area is 107 Å². The van der Waals surface area contributed by atoms with Gasteiger partial charge in [-0.1, -0.05) is 25.5 Å². The van der Waals surface area contributed by atoms with E-state index in [4.69, 9.17) is 9.84 Å². The van der Waals surface area contributed by atoms with Crippen molar-refractivity contribution >= 4 is 11.8 Å². The molecule has 4 nitrogen and oxygen atoms in total. The highest BCUT2D eigenvalue weighted by molar-refractivity contribution is 5.94. The van der Waals surface area contributed by atoms with Crippen molar-refractivity contribution in [3.05, 3.63) is 29.8 Å². The molecule has 1 N–H and O–H groups in total. The molecule has 18 heavy (non-hydrogen) atoms. The molecule has 0 radical (unpaired) electrons. The molecule has 0 bridgehead atoms. The van der Waals surface area contributed by atoms with Crippen molar-refractivity contribution in [2.75, 3.05) is 0 Å². The molecule has 0 fully saturated rings. The fourth-order valence-corrected chi connectivity index (χ4v) is 1.57. The zero-order chi connectivity index (χ0) is 13.5. The van der Waals surface area contributed by atoms with E-state index in [0.29, 0.717) is 17.7 Å². The Hall–Kier alpha value is -1.84. The first-order valence-electron chi connectivity index (χ1n) is 6.05. The van der Waals surface area contributed by atoms with Crippen LogP contribution in [0.4, 0.5) is 0 Å². The third-order valence-electron chi connectivity index (χ3n) is 2.61. The van der Waals surface area contributed by atoms with Crippen molar-refractivity contribution < 1.29 is 19.4 Å². The summed E-state index contributed by atoms with van der Waals surface area (Å²) in [5.74, 6) is -0.622. The van der Waals surface area contributed by atoms with Crippen molar-refractivity contribution in [3.8, 4) is 5.75 Å². The van der Waals surface area contributed by atoms with E-state index in [-0.39, 0.29) is 5.78 Å². The number of carbonyl (C=O) groups is 2. The average molecular weight is 250 g/mol. The molecule has 0 aromatic heterocycles. The number of benzene rings is 1. The Morgan fingerprint density at radius 2 is 2.11 bits per heavy atom. The maximum atomic E-state index is 11.2. The highest BCUT2D eigenvalue weighted by Gasteiger charge is 2.18. The van der Waals surface area contributed by atoms with Gasteiger partial charge in [0.05, 0.1) is 0 Å². The van der Waals surface area contributed by atoms with Gasteiger partial charge >= 0.3 is 5.97 Å². The van der Waals surface area contributed by atoms with Crippen LogP contribution in [0.5, 0.6) is 5.75 Å². The minimum atomic E-state index is -0.975. The Kier molecular flexibility index (Phi) is 5.36. The van der Waals surface area contributed by atoms with Crippen LogP contribution in [0.25, 0.3) is 0 Å². The summed E-state index contributed by atoms with van der Waals surface area (Å²) in [7, 11) is 0. The Morgan fingerprint density at radius 3 is 2.67 bits per heavy atom. The van der Waals surface area contributed by atoms with Crippen LogP contribution < -0.4 is 4.74 Å². The molecule has 1 aromatic rings. The van der Waals surface area contributed by atoms with Crippen LogP contribution in [0.2, 0.25) is 0 Å². The summed E-state index contributed by atoms with van der Waals surface area (Å²) in [6.07, 6.45) is 1.33. The lowest BCUT2D eigenvalue weighted by molar-refractivity contribution is -0.145. The summed E-state index contributed by atoms with van der Waals surface area (Å²) < 4.78 is 5.42. The maximum absolute atomic E-state index is 11.2. The van der Waals surface area contributed by atoms with Gasteiger partial charge in [0.1, 0.15) is 5.75 Å². The minimum Gasteiger partial charge on any atom is -0.479 e. The zero-order valence-electron chi connectivity index (χ0n) is 10.7. The number of ketones is 1. The Balaban J connectivity index is 2.77. The van der Waals surface area contributed by atoms with Crippen LogP contribution in [-0.4, -0.2) is 23.0 Å². The van der Waals surface area contributed by atoms with Crippen LogP contribution in [0.1, 0.15) is 43.5 Å². The van der Waals surface area contributed by atoms with Gasteiger partial charge < -0.3 is 9.84 Å². The third kappa shape index (κ3) is 4.20. The van der Waals surface area contributed by atoms with Crippen LogP contribution >= 0.6 is 0 Å². The highest BCUT2D eigenvalue weighted by atomic mass is 16.5. The third-order valence-corrected chi connectivity index (χ3v) is 2.61. The molecule has 0 heterocycles. The quantitative estimate of drug-likeness (QED) is 0.756. The van der Waals surface area contributed by atoms with Crippen molar-refractivity contribution in [2.24, 2.45) is 0 Å². The van der Waals surface area contributed by atoms with Crippen LogP contribution in [0, 0.1) is 0 Å². The smallest absolute Gasteiger partial charge is 0.344 e. The first-order valence-corrected chi connectivity index (χ1v) is 6.05. The molecule has 0 amide bonds. The lowest BCUT2D eigenvalue weighted by atomic mass is 10.1. The van der Waals surface area contributed by atoms with Crippen molar-refractivity contribution in [3.63, 3.8) is 0 Å². The number of Topliss-reactive ketones (excluding diaryl/α,β-unsaturated/α-hetero) is 1. The zero-order valence-corrected chi connectivity index (χ0v) is 10.7. The molecule has 0 saturated carbocycles. The largest absolute Gasteiger partial charge is 0.479 e. The second kappa shape index (κ2) is 6.79. The number of hydrogen-bond donors (Lipinski definition) is 1. The predicted octanol–water partition coefficient (Wildman–Crippen LogP) is 2.91. The first-order chi connectivity index (χ1) is 8.54. The summed E-state index contributed by atoms with van der Waals surface area (Å²) in [5.41, 5.74) is 0.520. The SMILES string of the molecule is CCCCC(Oc1cccc(C(C)=O)c1)C(=O)O. The topological polar surface area (TPSA) is 63.6 Å². The second-order valence-corrected chi connectivity index (χ2v) is 4.17. The van der Waals surface area contributed by atoms with E-state index in [2.05, 4.69) is 0 Å². The van der Waals surface area contributed by atoms with Crippen molar-refractivity contribution in [1.29, 1.82) is 0 Å². The molecule has 0 aliphatic rings. The fraction of sp³-hybridized carbons (Fsp3) is 0.429. The Bertz CT molecular complexity index is 426. The number of ether oxygens (including phenoxy) is 1. The van der Waals surface area contributed by atoms with E-state index in [1.165, 1.54) is 6.92 Å². The fourth-order valence-electron chi connectivity index (χ4n) is 1.57. The molecule has 1 atom stereocenters. The molecule has 1 aromatic carbocycles. The van der Waals surface area contributed by atoms with Crippen LogP contribution in [-0.2, 0) is 4.79 Å². The summed E-state index contributed by atoms with van der Waals surface area (Å²) in [5, 5.41) is 9.05. The standard InChI is InChI=1S/C14H18O4/c1-3-4-8-13(14(16)17)18-12-7-5-6-11(9-12)10(2)15/h5-7,9,13H,3-4,8H2,1-2H3,(H,16,17). The molecular weight excluding hydrogens is 232 g/mol. The number of hydrogen-bond acceptors (Lipinski definition) is 3. The van der Waals surface area contributed by atoms with E-state index < -0.39 is 12.1 Å². The number of carboxylic acids is 1. The molecule has 4 heteroatoms. The van der Waals surface area contributed by atoms with Gasteiger partial charge in [-0.25, -0.2) is 4.79 Å². The van der Waals surface area contributed by atoms with E-state index in [1.54, 1.807) is 24.3 Å². The average Bonchev–Trinajstić information content (AvgIpc) is 2.34. The minimum absolute atomic E-state index is 0.0686. The molecule has 1 unspecified atom stereocenters. The van der Waals surface area contributed by atoms with Gasteiger partial charge in [-0.2, -0.15) is 0 Å². The highest BCUT2D eigenvalue weighted by Crippen LogP contribution is 2.17. The number of carbonyl (C=O) groups excluding carboxylic acids is 1. The van der Waals surface area contributed by atoms with E-state index in [1.807, 2.05) is 6.92 Å². The lowest BCUT2D eigenvalue weighted by Crippen LogP contribution is -2.26. The second-order valence-electron chi connectivity index (χ2n) is 4.17. The molecule has 0 spiro atoms. The monoisotopic (exact) mass is 250 g/mol. The van der Waals surface area contributed by atoms with Gasteiger partial charge in [0.25, 0.3) is 0 Å². The summed E-state index contributed by atoms with van der Waals surface area (Å²) in [6, 6.07) is 6.60. The molecule has 1 rings (SSSR count). The van der Waals surface area contributed by atoms with Crippen LogP contribution in [0.15, 0.2) is 24.3 Å². The van der Waals surface area contributed by atoms with E-state index >= 15 is 0 Å². The molecule has 0 aliphatic heterocycles. The molecule has 98 valence electrons. The van der Waals surface area contributed by atoms with Crippen molar-refractivity contribution in [2.45, 2.75) is 39.2 Å². The number of aliphatic carboxylic acids is 1. The lowest BCUT2D eigenvalue weighted by Gasteiger charge is -2.15. The van der Waals surface area contributed by atoms with Gasteiger partial charge in [0.15, 0.2) is 11.9 Å². The van der Waals surface area contributed by atoms with Crippen molar-refractivity contribution in [1.82, 2.24) is 0 Å². The molecular formula is C14H18O4. The maximum Gasteiger partial charge on any atom is 0.344 e. The predicted molar refractivity (Wildman–Crippen MR) is 68.0 cm³/mol. The van der Waals surface area contributed by atoms with E-state index in [9.17, 15) is 9.59 Å². The van der Waals surface area contributed by atoms with Gasteiger partial charge in [0, 0.05) is 5.56 Å². The number of carboxylic acid groups (broad SMARTS) is 1. The summed E-state index contributed by atoms with van der Waals surface area (Å²) in [4.78, 5) is 22.3.